The van der Waals surface area contributed by atoms with E-state index in [-0.39, 0.29) is 11.8 Å². The maximum atomic E-state index is 13.1. The highest BCUT2D eigenvalue weighted by atomic mass is 19.1. The Kier molecular flexibility index (Phi) is 3.52. The largest absolute Gasteiger partial charge is 0.487 e. The Balaban J connectivity index is 1.92. The molecule has 0 unspecified atom stereocenters. The van der Waals surface area contributed by atoms with Crippen LogP contribution in [0, 0.1) is 5.82 Å². The monoisotopic (exact) mass is 256 g/mol. The van der Waals surface area contributed by atoms with Crippen LogP contribution in [-0.2, 0) is 4.74 Å². The summed E-state index contributed by atoms with van der Waals surface area (Å²) in [4.78, 5) is 12.6. The predicted octanol–water partition coefficient (Wildman–Crippen LogP) is 1.46. The van der Waals surface area contributed by atoms with Crippen LogP contribution in [0.15, 0.2) is 18.2 Å². The van der Waals surface area contributed by atoms with E-state index in [1.807, 2.05) is 5.48 Å². The van der Waals surface area contributed by atoms with Crippen molar-refractivity contribution in [1.82, 2.24) is 4.90 Å². The SMILES string of the molecule is COC(=O)N1CC(Oc2cc(F)cc(NO)c2)C1. The van der Waals surface area contributed by atoms with Gasteiger partial charge in [-0.3, -0.25) is 10.7 Å². The van der Waals surface area contributed by atoms with Gasteiger partial charge < -0.3 is 14.4 Å². The van der Waals surface area contributed by atoms with E-state index in [1.165, 1.54) is 24.1 Å². The van der Waals surface area contributed by atoms with Gasteiger partial charge in [0.2, 0.25) is 0 Å². The van der Waals surface area contributed by atoms with E-state index in [0.29, 0.717) is 18.8 Å². The average Bonchev–Trinajstić information content (AvgIpc) is 2.31. The molecule has 0 aromatic heterocycles. The van der Waals surface area contributed by atoms with Crippen molar-refractivity contribution in [3.8, 4) is 5.75 Å². The number of hydrogen-bond acceptors (Lipinski definition) is 5. The average molecular weight is 256 g/mol. The van der Waals surface area contributed by atoms with E-state index >= 15 is 0 Å². The molecule has 0 aliphatic carbocycles. The van der Waals surface area contributed by atoms with Gasteiger partial charge in [0.25, 0.3) is 0 Å². The second-order valence-electron chi connectivity index (χ2n) is 3.90. The minimum atomic E-state index is -0.520. The molecule has 98 valence electrons. The lowest BCUT2D eigenvalue weighted by molar-refractivity contribution is 0.0181. The summed E-state index contributed by atoms with van der Waals surface area (Å²) < 4.78 is 23.1. The first-order valence-corrected chi connectivity index (χ1v) is 5.32. The third kappa shape index (κ3) is 2.62. The van der Waals surface area contributed by atoms with Crippen LogP contribution in [0.2, 0.25) is 0 Å². The number of halogens is 1. The van der Waals surface area contributed by atoms with E-state index in [9.17, 15) is 9.18 Å². The number of anilines is 1. The lowest BCUT2D eigenvalue weighted by Crippen LogP contribution is -2.56. The highest BCUT2D eigenvalue weighted by Gasteiger charge is 2.33. The minimum absolute atomic E-state index is 0.197. The molecule has 0 atom stereocenters. The molecule has 2 N–H and O–H groups in total. The highest BCUT2D eigenvalue weighted by Crippen LogP contribution is 2.23. The van der Waals surface area contributed by atoms with E-state index in [4.69, 9.17) is 9.94 Å². The number of nitrogens with zero attached hydrogens (tertiary/aromatic N) is 1. The maximum absolute atomic E-state index is 13.1. The molecule has 1 aromatic carbocycles. The third-order valence-electron chi connectivity index (χ3n) is 2.58. The van der Waals surface area contributed by atoms with Gasteiger partial charge >= 0.3 is 6.09 Å². The Bertz CT molecular complexity index is 449. The van der Waals surface area contributed by atoms with E-state index in [0.717, 1.165) is 6.07 Å². The highest BCUT2D eigenvalue weighted by molar-refractivity contribution is 5.68. The number of carbonyl (C=O) groups excluding carboxylic acids is 1. The molecule has 1 fully saturated rings. The number of rotatable bonds is 3. The van der Waals surface area contributed by atoms with Crippen molar-refractivity contribution >= 4 is 11.8 Å². The number of amides is 1. The van der Waals surface area contributed by atoms with E-state index in [2.05, 4.69) is 4.74 Å². The third-order valence-corrected chi connectivity index (χ3v) is 2.58. The van der Waals surface area contributed by atoms with Crippen LogP contribution in [0.1, 0.15) is 0 Å². The van der Waals surface area contributed by atoms with Crippen molar-refractivity contribution in [2.45, 2.75) is 6.10 Å². The summed E-state index contributed by atoms with van der Waals surface area (Å²) in [5, 5.41) is 8.70. The molecule has 1 saturated heterocycles. The van der Waals surface area contributed by atoms with Crippen molar-refractivity contribution in [2.24, 2.45) is 0 Å². The van der Waals surface area contributed by atoms with Gasteiger partial charge in [-0.2, -0.15) is 0 Å². The molecule has 1 aliphatic rings. The summed E-state index contributed by atoms with van der Waals surface area (Å²) in [6.07, 6.45) is -0.607. The number of likely N-dealkylation sites (tertiary alicyclic amines) is 1. The summed E-state index contributed by atoms with van der Waals surface area (Å²) in [6.45, 7) is 0.788. The fourth-order valence-corrected chi connectivity index (χ4v) is 1.68. The Labute approximate surface area is 103 Å². The number of nitrogens with one attached hydrogen (secondary N) is 1. The molecule has 2 rings (SSSR count). The van der Waals surface area contributed by atoms with Crippen molar-refractivity contribution < 1.29 is 23.9 Å². The molecule has 1 aromatic rings. The normalized spacial score (nSPS) is 14.9. The molecule has 0 spiro atoms. The lowest BCUT2D eigenvalue weighted by atomic mass is 10.2. The standard InChI is InChI=1S/C11H13FN2O4/c1-17-11(15)14-5-10(6-14)18-9-3-7(12)2-8(4-9)13-16/h2-4,10,13,16H,5-6H2,1H3. The van der Waals surface area contributed by atoms with Gasteiger partial charge in [0.1, 0.15) is 17.7 Å². The summed E-state index contributed by atoms with van der Waals surface area (Å²) in [5.74, 6) is -0.228. The number of benzene rings is 1. The zero-order chi connectivity index (χ0) is 13.1. The van der Waals surface area contributed by atoms with Gasteiger partial charge in [-0.05, 0) is 6.07 Å². The molecule has 0 radical (unpaired) electrons. The Hall–Kier alpha value is -2.02. The molecule has 1 amide bonds. The van der Waals surface area contributed by atoms with Crippen LogP contribution in [0.5, 0.6) is 5.75 Å². The summed E-state index contributed by atoms with van der Waals surface area (Å²) >= 11 is 0. The molecular weight excluding hydrogens is 243 g/mol. The number of ether oxygens (including phenoxy) is 2. The second kappa shape index (κ2) is 5.09. The first-order chi connectivity index (χ1) is 8.62. The molecule has 1 aliphatic heterocycles. The molecule has 18 heavy (non-hydrogen) atoms. The molecule has 6 nitrogen and oxygen atoms in total. The van der Waals surface area contributed by atoms with Crippen LogP contribution >= 0.6 is 0 Å². The molecule has 1 heterocycles. The smallest absolute Gasteiger partial charge is 0.409 e. The summed E-state index contributed by atoms with van der Waals surface area (Å²) in [5.41, 5.74) is 2.05. The van der Waals surface area contributed by atoms with Gasteiger partial charge in [0, 0.05) is 12.1 Å². The van der Waals surface area contributed by atoms with Gasteiger partial charge in [0.15, 0.2) is 0 Å². The summed E-state index contributed by atoms with van der Waals surface area (Å²) in [6, 6.07) is 3.81. The Morgan fingerprint density at radius 3 is 2.83 bits per heavy atom. The molecule has 0 bridgehead atoms. The van der Waals surface area contributed by atoms with Crippen molar-refractivity contribution in [3.63, 3.8) is 0 Å². The lowest BCUT2D eigenvalue weighted by Gasteiger charge is -2.37. The van der Waals surface area contributed by atoms with Gasteiger partial charge in [0.05, 0.1) is 25.9 Å². The molecule has 0 saturated carbocycles. The van der Waals surface area contributed by atoms with Crippen molar-refractivity contribution in [3.05, 3.63) is 24.0 Å². The Morgan fingerprint density at radius 1 is 1.50 bits per heavy atom. The van der Waals surface area contributed by atoms with Crippen LogP contribution in [0.4, 0.5) is 14.9 Å². The van der Waals surface area contributed by atoms with E-state index < -0.39 is 11.9 Å². The Morgan fingerprint density at radius 2 is 2.22 bits per heavy atom. The van der Waals surface area contributed by atoms with E-state index in [1.54, 1.807) is 0 Å². The first-order valence-electron chi connectivity index (χ1n) is 5.32. The van der Waals surface area contributed by atoms with Crippen LogP contribution in [0.25, 0.3) is 0 Å². The maximum Gasteiger partial charge on any atom is 0.409 e. The first kappa shape index (κ1) is 12.4. The topological polar surface area (TPSA) is 71.0 Å². The number of carbonyl (C=O) groups is 1. The van der Waals surface area contributed by atoms with Gasteiger partial charge in [-0.15, -0.1) is 0 Å². The fraction of sp³-hybridized carbons (Fsp3) is 0.364. The van der Waals surface area contributed by atoms with Crippen molar-refractivity contribution in [1.29, 1.82) is 0 Å². The molecular formula is C11H13FN2O4. The zero-order valence-corrected chi connectivity index (χ0v) is 9.72. The summed E-state index contributed by atoms with van der Waals surface area (Å²) in [7, 11) is 1.31. The fourth-order valence-electron chi connectivity index (χ4n) is 1.68. The van der Waals surface area contributed by atoms with Gasteiger partial charge in [-0.25, -0.2) is 9.18 Å². The van der Waals surface area contributed by atoms with Gasteiger partial charge in [-0.1, -0.05) is 0 Å². The second-order valence-corrected chi connectivity index (χ2v) is 3.90. The molecule has 7 heteroatoms. The minimum Gasteiger partial charge on any atom is -0.487 e. The van der Waals surface area contributed by atoms with Crippen LogP contribution in [0.3, 0.4) is 0 Å². The number of hydrogen-bond donors (Lipinski definition) is 2. The zero-order valence-electron chi connectivity index (χ0n) is 9.72. The van der Waals surface area contributed by atoms with Crippen LogP contribution < -0.4 is 10.2 Å². The van der Waals surface area contributed by atoms with Crippen LogP contribution in [-0.4, -0.2) is 42.5 Å². The number of methoxy groups -OCH3 is 1. The van der Waals surface area contributed by atoms with Crippen molar-refractivity contribution in [2.75, 3.05) is 25.7 Å². The quantitative estimate of drug-likeness (QED) is 0.801. The predicted molar refractivity (Wildman–Crippen MR) is 60.2 cm³/mol.